The molecule has 0 saturated carbocycles. The number of aromatic nitrogens is 2. The Balaban J connectivity index is 3.21. The summed E-state index contributed by atoms with van der Waals surface area (Å²) < 4.78 is 14.7. The molecule has 12 heavy (non-hydrogen) atoms. The van der Waals surface area contributed by atoms with E-state index < -0.39 is 0 Å². The highest BCUT2D eigenvalue weighted by Crippen LogP contribution is 2.21. The summed E-state index contributed by atoms with van der Waals surface area (Å²) in [7, 11) is 1.64. The second-order valence-corrected chi connectivity index (χ2v) is 3.28. The van der Waals surface area contributed by atoms with Gasteiger partial charge in [0.15, 0.2) is 0 Å². The molecule has 1 aromatic rings. The topological polar surface area (TPSA) is 17.8 Å². The fraction of sp³-hybridized carbons (Fsp3) is 0.667. The van der Waals surface area contributed by atoms with Gasteiger partial charge in [0.2, 0.25) is 5.95 Å². The molecule has 0 bridgehead atoms. The molecule has 0 aliphatic carbocycles. The Bertz CT molecular complexity index is 276. The van der Waals surface area contributed by atoms with Crippen molar-refractivity contribution in [1.29, 1.82) is 0 Å². The highest BCUT2D eigenvalue weighted by atomic mass is 19.1. The van der Waals surface area contributed by atoms with Gasteiger partial charge in [-0.2, -0.15) is 9.49 Å². The van der Waals surface area contributed by atoms with Gasteiger partial charge >= 0.3 is 0 Å². The largest absolute Gasteiger partial charge is 0.242 e. The number of hydrogen-bond donors (Lipinski definition) is 0. The lowest BCUT2D eigenvalue weighted by atomic mass is 10.0. The third-order valence-corrected chi connectivity index (χ3v) is 2.00. The van der Waals surface area contributed by atoms with Crippen LogP contribution < -0.4 is 0 Å². The minimum atomic E-state index is -0.193. The number of rotatable bonds is 2. The molecular formula is C9H15FN2. The van der Waals surface area contributed by atoms with Gasteiger partial charge in [-0.3, -0.25) is 0 Å². The molecule has 0 aliphatic heterocycles. The maximum atomic E-state index is 13.4. The Morgan fingerprint density at radius 1 is 1.50 bits per heavy atom. The van der Waals surface area contributed by atoms with Crippen LogP contribution in [0.25, 0.3) is 0 Å². The zero-order valence-electron chi connectivity index (χ0n) is 8.06. The van der Waals surface area contributed by atoms with Gasteiger partial charge in [0.25, 0.3) is 0 Å². The van der Waals surface area contributed by atoms with Crippen LogP contribution in [-0.2, 0) is 13.5 Å². The van der Waals surface area contributed by atoms with E-state index in [2.05, 4.69) is 5.10 Å². The van der Waals surface area contributed by atoms with Crippen LogP contribution in [0.15, 0.2) is 0 Å². The van der Waals surface area contributed by atoms with Crippen LogP contribution in [0.1, 0.15) is 37.9 Å². The van der Waals surface area contributed by atoms with Crippen molar-refractivity contribution in [2.75, 3.05) is 0 Å². The minimum absolute atomic E-state index is 0.193. The maximum Gasteiger partial charge on any atom is 0.214 e. The minimum Gasteiger partial charge on any atom is -0.242 e. The average Bonchev–Trinajstić information content (AvgIpc) is 2.28. The third-order valence-electron chi connectivity index (χ3n) is 2.00. The van der Waals surface area contributed by atoms with E-state index >= 15 is 0 Å². The molecule has 0 saturated heterocycles. The van der Waals surface area contributed by atoms with Gasteiger partial charge in [-0.25, -0.2) is 4.68 Å². The van der Waals surface area contributed by atoms with Crippen molar-refractivity contribution in [3.63, 3.8) is 0 Å². The van der Waals surface area contributed by atoms with Crippen LogP contribution >= 0.6 is 0 Å². The molecule has 0 spiro atoms. The standard InChI is InChI=1S/C9H15FN2/c1-5-7-8(6(2)3)9(10)12(4)11-7/h6H,5H2,1-4H3. The molecule has 3 heteroatoms. The highest BCUT2D eigenvalue weighted by Gasteiger charge is 2.16. The van der Waals surface area contributed by atoms with Gasteiger partial charge in [-0.15, -0.1) is 0 Å². The molecule has 1 rings (SSSR count). The summed E-state index contributed by atoms with van der Waals surface area (Å²) in [5.74, 6) is 0.0236. The summed E-state index contributed by atoms with van der Waals surface area (Å²) in [5, 5.41) is 4.09. The van der Waals surface area contributed by atoms with E-state index in [4.69, 9.17) is 0 Å². The van der Waals surface area contributed by atoms with Gasteiger partial charge in [-0.1, -0.05) is 20.8 Å². The first-order valence-electron chi connectivity index (χ1n) is 4.29. The van der Waals surface area contributed by atoms with E-state index in [-0.39, 0.29) is 11.9 Å². The van der Waals surface area contributed by atoms with Crippen LogP contribution in [0, 0.1) is 5.95 Å². The summed E-state index contributed by atoms with van der Waals surface area (Å²) in [6.07, 6.45) is 0.797. The highest BCUT2D eigenvalue weighted by molar-refractivity contribution is 5.22. The quantitative estimate of drug-likeness (QED) is 0.665. The van der Waals surface area contributed by atoms with Crippen LogP contribution in [0.2, 0.25) is 0 Å². The molecule has 0 N–H and O–H groups in total. The first-order valence-corrected chi connectivity index (χ1v) is 4.29. The molecule has 0 aromatic carbocycles. The Morgan fingerprint density at radius 3 is 2.42 bits per heavy atom. The van der Waals surface area contributed by atoms with Crippen molar-refractivity contribution in [3.05, 3.63) is 17.2 Å². The van der Waals surface area contributed by atoms with Crippen LogP contribution in [0.5, 0.6) is 0 Å². The molecule has 0 unspecified atom stereocenters. The van der Waals surface area contributed by atoms with Gasteiger partial charge < -0.3 is 0 Å². The van der Waals surface area contributed by atoms with E-state index in [0.717, 1.165) is 17.7 Å². The van der Waals surface area contributed by atoms with Gasteiger partial charge in [-0.05, 0) is 12.3 Å². The van der Waals surface area contributed by atoms with Crippen molar-refractivity contribution in [1.82, 2.24) is 9.78 Å². The molecule has 0 amide bonds. The summed E-state index contributed by atoms with van der Waals surface area (Å²) in [6, 6.07) is 0. The van der Waals surface area contributed by atoms with Crippen LogP contribution in [-0.4, -0.2) is 9.78 Å². The fourth-order valence-electron chi connectivity index (χ4n) is 1.40. The lowest BCUT2D eigenvalue weighted by molar-refractivity contribution is 0.490. The molecule has 2 nitrogen and oxygen atoms in total. The molecule has 1 aromatic heterocycles. The zero-order chi connectivity index (χ0) is 9.30. The van der Waals surface area contributed by atoms with E-state index in [1.54, 1.807) is 7.05 Å². The Morgan fingerprint density at radius 2 is 2.08 bits per heavy atom. The van der Waals surface area contributed by atoms with E-state index in [0.29, 0.717) is 0 Å². The second kappa shape index (κ2) is 3.25. The summed E-state index contributed by atoms with van der Waals surface area (Å²) in [6.45, 7) is 5.96. The van der Waals surface area contributed by atoms with E-state index in [1.165, 1.54) is 4.68 Å². The summed E-state index contributed by atoms with van der Waals surface area (Å²) in [5.41, 5.74) is 1.64. The predicted octanol–water partition coefficient (Wildman–Crippen LogP) is 2.25. The van der Waals surface area contributed by atoms with Crippen molar-refractivity contribution < 1.29 is 4.39 Å². The molecule has 0 atom stereocenters. The molecule has 0 aliphatic rings. The van der Waals surface area contributed by atoms with E-state index in [1.807, 2.05) is 20.8 Å². The second-order valence-electron chi connectivity index (χ2n) is 3.28. The van der Waals surface area contributed by atoms with Gasteiger partial charge in [0.1, 0.15) is 0 Å². The lowest BCUT2D eigenvalue weighted by Gasteiger charge is -2.02. The number of nitrogens with zero attached hydrogens (tertiary/aromatic N) is 2. The Hall–Kier alpha value is -0.860. The summed E-state index contributed by atoms with van der Waals surface area (Å²) >= 11 is 0. The first kappa shape index (κ1) is 9.23. The third kappa shape index (κ3) is 1.36. The Labute approximate surface area is 72.4 Å². The normalized spacial score (nSPS) is 11.2. The Kier molecular flexibility index (Phi) is 2.50. The van der Waals surface area contributed by atoms with E-state index in [9.17, 15) is 4.39 Å². The monoisotopic (exact) mass is 170 g/mol. The van der Waals surface area contributed by atoms with Crippen molar-refractivity contribution in [2.24, 2.45) is 7.05 Å². The molecule has 68 valence electrons. The maximum absolute atomic E-state index is 13.4. The van der Waals surface area contributed by atoms with Crippen molar-refractivity contribution >= 4 is 0 Å². The molecule has 1 heterocycles. The molecule has 0 fully saturated rings. The fourth-order valence-corrected chi connectivity index (χ4v) is 1.40. The number of hydrogen-bond acceptors (Lipinski definition) is 1. The predicted molar refractivity (Wildman–Crippen MR) is 46.6 cm³/mol. The smallest absolute Gasteiger partial charge is 0.214 e. The first-order chi connectivity index (χ1) is 5.57. The zero-order valence-corrected chi connectivity index (χ0v) is 8.06. The number of aryl methyl sites for hydroxylation is 2. The molecule has 0 radical (unpaired) electrons. The number of halogens is 1. The average molecular weight is 170 g/mol. The summed E-state index contributed by atoms with van der Waals surface area (Å²) in [4.78, 5) is 0. The van der Waals surface area contributed by atoms with Crippen LogP contribution in [0.3, 0.4) is 0 Å². The SMILES string of the molecule is CCc1nn(C)c(F)c1C(C)C. The van der Waals surface area contributed by atoms with Crippen LogP contribution in [0.4, 0.5) is 4.39 Å². The van der Waals surface area contributed by atoms with Gasteiger partial charge in [0.05, 0.1) is 5.69 Å². The van der Waals surface area contributed by atoms with Crippen molar-refractivity contribution in [2.45, 2.75) is 33.1 Å². The van der Waals surface area contributed by atoms with Gasteiger partial charge in [0, 0.05) is 12.6 Å². The van der Waals surface area contributed by atoms with Crippen molar-refractivity contribution in [3.8, 4) is 0 Å². The lowest BCUT2D eigenvalue weighted by Crippen LogP contribution is -1.96. The molecular weight excluding hydrogens is 155 g/mol.